The quantitative estimate of drug-likeness (QED) is 0.625. The zero-order valence-corrected chi connectivity index (χ0v) is 16.1. The van der Waals surface area contributed by atoms with Gasteiger partial charge in [0, 0.05) is 12.6 Å². The van der Waals surface area contributed by atoms with Gasteiger partial charge in [-0.05, 0) is 69.3 Å². The average Bonchev–Trinajstić information content (AvgIpc) is 2.71. The molecule has 0 bridgehead atoms. The van der Waals surface area contributed by atoms with Crippen LogP contribution in [0.2, 0.25) is 0 Å². The van der Waals surface area contributed by atoms with Gasteiger partial charge < -0.3 is 10.2 Å². The molecule has 2 heteroatoms. The molecule has 0 saturated carbocycles. The molecular weight excluding hydrogens is 316 g/mol. The third kappa shape index (κ3) is 6.93. The minimum absolute atomic E-state index is 0.733. The van der Waals surface area contributed by atoms with Crippen molar-refractivity contribution in [1.29, 1.82) is 0 Å². The molecule has 2 aromatic carbocycles. The van der Waals surface area contributed by atoms with Crippen molar-refractivity contribution in [2.75, 3.05) is 26.2 Å². The van der Waals surface area contributed by atoms with Gasteiger partial charge in [0.15, 0.2) is 0 Å². The zero-order valence-electron chi connectivity index (χ0n) is 16.1. The summed E-state index contributed by atoms with van der Waals surface area (Å²) >= 11 is 0. The fourth-order valence-electron chi connectivity index (χ4n) is 3.87. The van der Waals surface area contributed by atoms with Gasteiger partial charge in [0.05, 0.1) is 0 Å². The summed E-state index contributed by atoms with van der Waals surface area (Å²) in [6.07, 6.45) is 8.96. The van der Waals surface area contributed by atoms with Crippen LogP contribution in [0, 0.1) is 0 Å². The predicted octanol–water partition coefficient (Wildman–Crippen LogP) is 4.70. The molecule has 1 heterocycles. The van der Waals surface area contributed by atoms with E-state index in [1.54, 1.807) is 0 Å². The Morgan fingerprint density at radius 1 is 0.731 bits per heavy atom. The van der Waals surface area contributed by atoms with E-state index in [-0.39, 0.29) is 0 Å². The molecule has 1 aliphatic heterocycles. The van der Waals surface area contributed by atoms with Gasteiger partial charge >= 0.3 is 0 Å². The van der Waals surface area contributed by atoms with E-state index in [1.807, 2.05) is 0 Å². The predicted molar refractivity (Wildman–Crippen MR) is 112 cm³/mol. The lowest BCUT2D eigenvalue weighted by atomic mass is 10.0. The lowest BCUT2D eigenvalue weighted by molar-refractivity contribution is 0.199. The number of piperidine rings is 1. The molecular formula is C24H34N2. The van der Waals surface area contributed by atoms with Gasteiger partial charge in [0.2, 0.25) is 0 Å². The van der Waals surface area contributed by atoms with Crippen molar-refractivity contribution in [1.82, 2.24) is 10.2 Å². The first kappa shape index (κ1) is 19.1. The Balaban J connectivity index is 1.20. The van der Waals surface area contributed by atoms with Gasteiger partial charge in [-0.25, -0.2) is 0 Å². The lowest BCUT2D eigenvalue weighted by Crippen LogP contribution is -2.43. The maximum Gasteiger partial charge on any atom is 0.00914 e. The summed E-state index contributed by atoms with van der Waals surface area (Å²) in [5.74, 6) is 0. The molecule has 1 N–H and O–H groups in total. The maximum atomic E-state index is 3.79. The number of hydrogen-bond donors (Lipinski definition) is 1. The Bertz CT molecular complexity index is 588. The first-order valence-corrected chi connectivity index (χ1v) is 10.4. The Morgan fingerprint density at radius 2 is 1.35 bits per heavy atom. The highest BCUT2D eigenvalue weighted by Gasteiger charge is 2.18. The van der Waals surface area contributed by atoms with E-state index in [9.17, 15) is 0 Å². The smallest absolute Gasteiger partial charge is 0.00914 e. The van der Waals surface area contributed by atoms with Crippen LogP contribution in [0.4, 0.5) is 0 Å². The van der Waals surface area contributed by atoms with Crippen LogP contribution in [0.25, 0.3) is 0 Å². The topological polar surface area (TPSA) is 15.3 Å². The fourth-order valence-corrected chi connectivity index (χ4v) is 3.87. The van der Waals surface area contributed by atoms with Crippen LogP contribution < -0.4 is 5.32 Å². The first-order chi connectivity index (χ1) is 12.9. The third-order valence-electron chi connectivity index (χ3n) is 5.57. The van der Waals surface area contributed by atoms with E-state index in [4.69, 9.17) is 0 Å². The van der Waals surface area contributed by atoms with E-state index in [2.05, 4.69) is 70.9 Å². The molecule has 2 aromatic rings. The molecule has 0 aliphatic carbocycles. The van der Waals surface area contributed by atoms with E-state index >= 15 is 0 Å². The van der Waals surface area contributed by atoms with Crippen LogP contribution in [0.15, 0.2) is 60.7 Å². The monoisotopic (exact) mass is 350 g/mol. The molecule has 1 aliphatic rings. The van der Waals surface area contributed by atoms with Gasteiger partial charge in [0.25, 0.3) is 0 Å². The summed E-state index contributed by atoms with van der Waals surface area (Å²) in [6.45, 7) is 4.89. The number of likely N-dealkylation sites (tertiary alicyclic amines) is 1. The van der Waals surface area contributed by atoms with Gasteiger partial charge in [-0.3, -0.25) is 0 Å². The van der Waals surface area contributed by atoms with Crippen molar-refractivity contribution in [3.05, 3.63) is 71.8 Å². The largest absolute Gasteiger partial charge is 0.314 e. The molecule has 0 spiro atoms. The van der Waals surface area contributed by atoms with Gasteiger partial charge in [-0.1, -0.05) is 67.1 Å². The SMILES string of the molecule is c1ccc(CCCCCNC2CCN(CCc3ccccc3)CC2)cc1. The van der Waals surface area contributed by atoms with Crippen molar-refractivity contribution in [2.45, 2.75) is 51.0 Å². The number of nitrogens with zero attached hydrogens (tertiary/aromatic N) is 1. The van der Waals surface area contributed by atoms with Crippen molar-refractivity contribution in [3.63, 3.8) is 0 Å². The number of unbranched alkanes of at least 4 members (excludes halogenated alkanes) is 2. The standard InChI is InChI=1S/C24H34N2/c1-4-10-22(11-5-1)12-8-3-9-18-25-24-16-20-26(21-17-24)19-15-23-13-6-2-7-14-23/h1-2,4-7,10-11,13-14,24-25H,3,8-9,12,15-21H2. The lowest BCUT2D eigenvalue weighted by Gasteiger charge is -2.32. The van der Waals surface area contributed by atoms with E-state index in [1.165, 1.54) is 82.3 Å². The second-order valence-corrected chi connectivity index (χ2v) is 7.60. The normalized spacial score (nSPS) is 16.0. The number of nitrogens with one attached hydrogen (secondary N) is 1. The molecule has 1 fully saturated rings. The van der Waals surface area contributed by atoms with Crippen LogP contribution in [-0.4, -0.2) is 37.1 Å². The highest BCUT2D eigenvalue weighted by molar-refractivity contribution is 5.15. The number of rotatable bonds is 10. The zero-order chi connectivity index (χ0) is 17.9. The summed E-state index contributed by atoms with van der Waals surface area (Å²) in [6, 6.07) is 22.5. The van der Waals surface area contributed by atoms with Crippen LogP contribution in [0.5, 0.6) is 0 Å². The van der Waals surface area contributed by atoms with Crippen molar-refractivity contribution < 1.29 is 0 Å². The molecule has 140 valence electrons. The molecule has 2 nitrogen and oxygen atoms in total. The minimum Gasteiger partial charge on any atom is -0.314 e. The average molecular weight is 351 g/mol. The van der Waals surface area contributed by atoms with Crippen LogP contribution in [0.3, 0.4) is 0 Å². The fraction of sp³-hybridized carbons (Fsp3) is 0.500. The molecule has 0 radical (unpaired) electrons. The van der Waals surface area contributed by atoms with Crippen molar-refractivity contribution in [2.24, 2.45) is 0 Å². The Hall–Kier alpha value is -1.64. The van der Waals surface area contributed by atoms with E-state index in [0.717, 1.165) is 6.04 Å². The summed E-state index contributed by atoms with van der Waals surface area (Å²) in [7, 11) is 0. The second-order valence-electron chi connectivity index (χ2n) is 7.60. The van der Waals surface area contributed by atoms with Crippen molar-refractivity contribution >= 4 is 0 Å². The van der Waals surface area contributed by atoms with Crippen molar-refractivity contribution in [3.8, 4) is 0 Å². The van der Waals surface area contributed by atoms with Gasteiger partial charge in [-0.15, -0.1) is 0 Å². The van der Waals surface area contributed by atoms with Gasteiger partial charge in [0.1, 0.15) is 0 Å². The summed E-state index contributed by atoms with van der Waals surface area (Å²) in [5.41, 5.74) is 2.94. The second kappa shape index (κ2) is 11.2. The van der Waals surface area contributed by atoms with Crippen LogP contribution >= 0.6 is 0 Å². The Labute approximate surface area is 159 Å². The molecule has 0 atom stereocenters. The highest BCUT2D eigenvalue weighted by Crippen LogP contribution is 2.12. The summed E-state index contributed by atoms with van der Waals surface area (Å²) < 4.78 is 0. The molecule has 0 amide bonds. The maximum absolute atomic E-state index is 3.79. The molecule has 1 saturated heterocycles. The highest BCUT2D eigenvalue weighted by atomic mass is 15.1. The van der Waals surface area contributed by atoms with E-state index in [0.29, 0.717) is 0 Å². The Morgan fingerprint density at radius 3 is 2.00 bits per heavy atom. The van der Waals surface area contributed by atoms with Crippen LogP contribution in [-0.2, 0) is 12.8 Å². The first-order valence-electron chi connectivity index (χ1n) is 10.4. The summed E-state index contributed by atoms with van der Waals surface area (Å²) in [4.78, 5) is 2.63. The number of aryl methyl sites for hydroxylation is 1. The van der Waals surface area contributed by atoms with E-state index < -0.39 is 0 Å². The third-order valence-corrected chi connectivity index (χ3v) is 5.57. The molecule has 0 aromatic heterocycles. The molecule has 3 rings (SSSR count). The summed E-state index contributed by atoms with van der Waals surface area (Å²) in [5, 5.41) is 3.79. The number of hydrogen-bond acceptors (Lipinski definition) is 2. The molecule has 26 heavy (non-hydrogen) atoms. The Kier molecular flexibility index (Phi) is 8.21. The number of benzene rings is 2. The minimum atomic E-state index is 0.733. The van der Waals surface area contributed by atoms with Gasteiger partial charge in [-0.2, -0.15) is 0 Å². The van der Waals surface area contributed by atoms with Crippen LogP contribution in [0.1, 0.15) is 43.2 Å². The molecule has 0 unspecified atom stereocenters.